The summed E-state index contributed by atoms with van der Waals surface area (Å²) in [5.74, 6) is -1.11. The molecule has 0 bridgehead atoms. The average molecular weight is 286 g/mol. The number of hydrogen-bond acceptors (Lipinski definition) is 6. The monoisotopic (exact) mass is 286 g/mol. The van der Waals surface area contributed by atoms with Crippen LogP contribution in [-0.4, -0.2) is 39.2 Å². The maximum Gasteiger partial charge on any atom is 0.245 e. The Morgan fingerprint density at radius 3 is 2.10 bits per heavy atom. The molecule has 1 aliphatic rings. The predicted molar refractivity (Wildman–Crippen MR) is 74.1 cm³/mol. The zero-order valence-corrected chi connectivity index (χ0v) is 10.8. The van der Waals surface area contributed by atoms with E-state index in [0.717, 1.165) is 4.90 Å². The second kappa shape index (κ2) is 4.11. The molecular formula is C13H8F2N6. The SMILES string of the molecule is CN1c2c(c3nccnc3c3nccnc23)N=C(F)C1F. The molecule has 0 N–H and O–H groups in total. The standard InChI is InChI=1S/C13H8F2N6/c1-21-11-9-7(17-4-5-19-9)6-8(18-3-2-16-6)10(11)20-12(14)13(21)15/h2-5,13H,1H3. The van der Waals surface area contributed by atoms with Gasteiger partial charge in [0.1, 0.15) is 27.8 Å². The Bertz CT molecular complexity index is 910. The average Bonchev–Trinajstić information content (AvgIpc) is 2.52. The quantitative estimate of drug-likeness (QED) is 0.468. The summed E-state index contributed by atoms with van der Waals surface area (Å²) >= 11 is 0. The molecule has 0 fully saturated rings. The minimum Gasteiger partial charge on any atom is -0.334 e. The summed E-state index contributed by atoms with van der Waals surface area (Å²) in [6.07, 6.45) is 4.03. The van der Waals surface area contributed by atoms with E-state index in [0.29, 0.717) is 27.8 Å². The molecule has 3 aromatic rings. The Balaban J connectivity index is 2.28. The first kappa shape index (κ1) is 12.0. The Kier molecular flexibility index (Phi) is 2.35. The maximum absolute atomic E-state index is 13.9. The van der Waals surface area contributed by atoms with Crippen LogP contribution >= 0.6 is 0 Å². The van der Waals surface area contributed by atoms with Gasteiger partial charge in [0.25, 0.3) is 0 Å². The van der Waals surface area contributed by atoms with E-state index < -0.39 is 12.3 Å². The topological polar surface area (TPSA) is 67.2 Å². The molecule has 4 rings (SSSR count). The Hall–Kier alpha value is -2.77. The molecule has 0 spiro atoms. The van der Waals surface area contributed by atoms with Crippen LogP contribution in [0.25, 0.3) is 22.1 Å². The lowest BCUT2D eigenvalue weighted by molar-refractivity contribution is 0.392. The molecule has 2 aromatic heterocycles. The number of hydrogen-bond donors (Lipinski definition) is 0. The smallest absolute Gasteiger partial charge is 0.245 e. The molecule has 6 nitrogen and oxygen atoms in total. The van der Waals surface area contributed by atoms with E-state index in [1.807, 2.05) is 0 Å². The highest BCUT2D eigenvalue weighted by Gasteiger charge is 2.32. The molecule has 8 heteroatoms. The summed E-state index contributed by atoms with van der Waals surface area (Å²) in [6.45, 7) is 0. The van der Waals surface area contributed by atoms with E-state index >= 15 is 0 Å². The maximum atomic E-state index is 13.9. The fourth-order valence-electron chi connectivity index (χ4n) is 2.47. The number of nitrogens with zero attached hydrogens (tertiary/aromatic N) is 6. The van der Waals surface area contributed by atoms with E-state index in [-0.39, 0.29) is 5.69 Å². The van der Waals surface area contributed by atoms with Crippen molar-refractivity contribution < 1.29 is 8.78 Å². The number of alkyl halides is 1. The second-order valence-electron chi connectivity index (χ2n) is 4.59. The molecule has 0 radical (unpaired) electrons. The lowest BCUT2D eigenvalue weighted by Crippen LogP contribution is -2.35. The fraction of sp³-hybridized carbons (Fsp3) is 0.154. The first-order chi connectivity index (χ1) is 10.2. The van der Waals surface area contributed by atoms with Gasteiger partial charge >= 0.3 is 0 Å². The normalized spacial score (nSPS) is 18.0. The second-order valence-corrected chi connectivity index (χ2v) is 4.59. The molecule has 104 valence electrons. The number of anilines is 1. The molecule has 1 unspecified atom stereocenters. The van der Waals surface area contributed by atoms with E-state index in [9.17, 15) is 8.78 Å². The third kappa shape index (κ3) is 1.52. The fourth-order valence-corrected chi connectivity index (χ4v) is 2.47. The van der Waals surface area contributed by atoms with Crippen molar-refractivity contribution in [2.24, 2.45) is 4.99 Å². The summed E-state index contributed by atoms with van der Waals surface area (Å²) < 4.78 is 27.6. The van der Waals surface area contributed by atoms with Gasteiger partial charge in [-0.05, 0) is 0 Å². The van der Waals surface area contributed by atoms with E-state index in [4.69, 9.17) is 0 Å². The first-order valence-corrected chi connectivity index (χ1v) is 6.17. The number of halogens is 2. The highest BCUT2D eigenvalue weighted by atomic mass is 19.2. The summed E-state index contributed by atoms with van der Waals surface area (Å²) in [5, 5.41) is 0. The lowest BCUT2D eigenvalue weighted by atomic mass is 10.1. The van der Waals surface area contributed by atoms with E-state index in [2.05, 4.69) is 24.9 Å². The van der Waals surface area contributed by atoms with Crippen LogP contribution in [-0.2, 0) is 0 Å². The van der Waals surface area contributed by atoms with Crippen LogP contribution in [0.1, 0.15) is 0 Å². The van der Waals surface area contributed by atoms with Crippen LogP contribution < -0.4 is 4.90 Å². The molecule has 1 atom stereocenters. The third-order valence-corrected chi connectivity index (χ3v) is 3.40. The van der Waals surface area contributed by atoms with Gasteiger partial charge in [0.15, 0.2) is 0 Å². The Labute approximate surface area is 117 Å². The van der Waals surface area contributed by atoms with Gasteiger partial charge in [-0.15, -0.1) is 0 Å². The van der Waals surface area contributed by atoms with E-state index in [1.165, 1.54) is 31.8 Å². The van der Waals surface area contributed by atoms with Gasteiger partial charge in [0.05, 0.1) is 5.69 Å². The zero-order chi connectivity index (χ0) is 14.6. The van der Waals surface area contributed by atoms with Crippen molar-refractivity contribution in [1.29, 1.82) is 0 Å². The van der Waals surface area contributed by atoms with Crippen molar-refractivity contribution in [1.82, 2.24) is 19.9 Å². The highest BCUT2D eigenvalue weighted by Crippen LogP contribution is 2.43. The van der Waals surface area contributed by atoms with Crippen LogP contribution in [0.4, 0.5) is 20.2 Å². The van der Waals surface area contributed by atoms with Crippen molar-refractivity contribution in [3.05, 3.63) is 24.8 Å². The number of aromatic nitrogens is 4. The van der Waals surface area contributed by atoms with Crippen LogP contribution in [0.2, 0.25) is 0 Å². The number of rotatable bonds is 0. The van der Waals surface area contributed by atoms with Gasteiger partial charge in [-0.25, -0.2) is 9.38 Å². The van der Waals surface area contributed by atoms with Crippen LogP contribution in [0, 0.1) is 0 Å². The number of aliphatic imine (C=N–C) groups is 1. The van der Waals surface area contributed by atoms with Crippen molar-refractivity contribution in [3.63, 3.8) is 0 Å². The lowest BCUT2D eigenvalue weighted by Gasteiger charge is -2.28. The van der Waals surface area contributed by atoms with Gasteiger partial charge in [-0.2, -0.15) is 4.39 Å². The highest BCUT2D eigenvalue weighted by molar-refractivity contribution is 6.16. The summed E-state index contributed by atoms with van der Waals surface area (Å²) in [4.78, 5) is 21.7. The largest absolute Gasteiger partial charge is 0.334 e. The summed E-state index contributed by atoms with van der Waals surface area (Å²) in [7, 11) is 1.44. The molecule has 1 aromatic carbocycles. The van der Waals surface area contributed by atoms with Gasteiger partial charge in [-0.1, -0.05) is 0 Å². The first-order valence-electron chi connectivity index (χ1n) is 6.17. The van der Waals surface area contributed by atoms with Gasteiger partial charge in [0, 0.05) is 31.8 Å². The van der Waals surface area contributed by atoms with E-state index in [1.54, 1.807) is 0 Å². The van der Waals surface area contributed by atoms with Crippen molar-refractivity contribution in [3.8, 4) is 0 Å². The molecular weight excluding hydrogens is 278 g/mol. The molecule has 3 heterocycles. The predicted octanol–water partition coefficient (Wildman–Crippen LogP) is 2.32. The van der Waals surface area contributed by atoms with Gasteiger partial charge in [-0.3, -0.25) is 19.9 Å². The molecule has 0 aliphatic carbocycles. The van der Waals surface area contributed by atoms with Crippen LogP contribution in [0.15, 0.2) is 29.8 Å². The van der Waals surface area contributed by atoms with Crippen LogP contribution in [0.5, 0.6) is 0 Å². The summed E-state index contributed by atoms with van der Waals surface area (Å²) in [5.41, 5.74) is 2.31. The molecule has 0 saturated carbocycles. The summed E-state index contributed by atoms with van der Waals surface area (Å²) in [6, 6.07) is 0. The van der Waals surface area contributed by atoms with Crippen molar-refractivity contribution in [2.45, 2.75) is 6.30 Å². The molecule has 0 amide bonds. The molecule has 1 aliphatic heterocycles. The molecule has 21 heavy (non-hydrogen) atoms. The minimum absolute atomic E-state index is 0.222. The molecule has 0 saturated heterocycles. The number of fused-ring (bicyclic) bond motifs is 6. The van der Waals surface area contributed by atoms with Gasteiger partial charge < -0.3 is 4.90 Å². The zero-order valence-electron chi connectivity index (χ0n) is 10.8. The Morgan fingerprint density at radius 2 is 1.43 bits per heavy atom. The van der Waals surface area contributed by atoms with Crippen LogP contribution in [0.3, 0.4) is 0 Å². The Morgan fingerprint density at radius 1 is 0.905 bits per heavy atom. The van der Waals surface area contributed by atoms with Crippen molar-refractivity contribution >= 4 is 39.4 Å². The third-order valence-electron chi connectivity index (χ3n) is 3.40. The van der Waals surface area contributed by atoms with Gasteiger partial charge in [0.2, 0.25) is 12.3 Å². The minimum atomic E-state index is -1.95. The number of benzene rings is 1. The van der Waals surface area contributed by atoms with Crippen molar-refractivity contribution in [2.75, 3.05) is 11.9 Å².